The van der Waals surface area contributed by atoms with Crippen molar-refractivity contribution in [2.75, 3.05) is 5.32 Å². The van der Waals surface area contributed by atoms with Crippen LogP contribution in [0.4, 0.5) is 5.82 Å². The number of hydrogen-bond acceptors (Lipinski definition) is 4. The molecule has 0 saturated heterocycles. The summed E-state index contributed by atoms with van der Waals surface area (Å²) in [5.41, 5.74) is 1.36. The smallest absolute Gasteiger partial charge is 0.292 e. The first-order chi connectivity index (χ1) is 12.1. The molecular weight excluding hydrogens is 342 g/mol. The van der Waals surface area contributed by atoms with Crippen molar-refractivity contribution in [3.8, 4) is 0 Å². The highest BCUT2D eigenvalue weighted by molar-refractivity contribution is 6.31. The number of aromatic nitrogens is 2. The topological polar surface area (TPSA) is 73.2 Å². The van der Waals surface area contributed by atoms with Crippen LogP contribution in [0.1, 0.15) is 21.9 Å². The van der Waals surface area contributed by atoms with E-state index in [1.165, 1.54) is 0 Å². The Kier molecular flexibility index (Phi) is 3.82. The number of hydrogen-bond donors (Lipinski definition) is 1. The van der Waals surface area contributed by atoms with Gasteiger partial charge in [0.1, 0.15) is 23.7 Å². The van der Waals surface area contributed by atoms with Gasteiger partial charge in [0.05, 0.1) is 12.5 Å². The van der Waals surface area contributed by atoms with Gasteiger partial charge in [-0.1, -0.05) is 11.6 Å². The summed E-state index contributed by atoms with van der Waals surface area (Å²) >= 11 is 6.02. The Labute approximate surface area is 148 Å². The Morgan fingerprint density at radius 3 is 3.00 bits per heavy atom. The number of rotatable bonds is 4. The first kappa shape index (κ1) is 15.5. The molecule has 6 nitrogen and oxygen atoms in total. The van der Waals surface area contributed by atoms with Gasteiger partial charge in [0.25, 0.3) is 5.91 Å². The third kappa shape index (κ3) is 2.92. The van der Waals surface area contributed by atoms with Gasteiger partial charge in [0, 0.05) is 22.0 Å². The van der Waals surface area contributed by atoms with Crippen molar-refractivity contribution in [3.63, 3.8) is 0 Å². The Bertz CT molecular complexity index is 1050. The van der Waals surface area contributed by atoms with Gasteiger partial charge in [0.15, 0.2) is 5.76 Å². The van der Waals surface area contributed by atoms with Crippen molar-refractivity contribution >= 4 is 34.3 Å². The minimum Gasteiger partial charge on any atom is -0.467 e. The van der Waals surface area contributed by atoms with E-state index in [4.69, 9.17) is 20.4 Å². The molecule has 7 heteroatoms. The van der Waals surface area contributed by atoms with Gasteiger partial charge in [-0.2, -0.15) is 5.10 Å². The van der Waals surface area contributed by atoms with Crippen LogP contribution in [0.2, 0.25) is 5.02 Å². The van der Waals surface area contributed by atoms with Crippen molar-refractivity contribution in [3.05, 3.63) is 71.0 Å². The summed E-state index contributed by atoms with van der Waals surface area (Å²) in [6.07, 6.45) is 3.21. The molecule has 0 fully saturated rings. The van der Waals surface area contributed by atoms with Crippen LogP contribution >= 0.6 is 11.6 Å². The Balaban J connectivity index is 1.61. The molecule has 1 amide bonds. The van der Waals surface area contributed by atoms with Crippen LogP contribution in [0.25, 0.3) is 11.0 Å². The molecule has 0 aliphatic rings. The number of fused-ring (bicyclic) bond motifs is 1. The van der Waals surface area contributed by atoms with E-state index < -0.39 is 0 Å². The Morgan fingerprint density at radius 2 is 2.20 bits per heavy atom. The highest BCUT2D eigenvalue weighted by Crippen LogP contribution is 2.28. The van der Waals surface area contributed by atoms with E-state index in [1.54, 1.807) is 47.5 Å². The second-order valence-electron chi connectivity index (χ2n) is 5.60. The maximum atomic E-state index is 12.6. The number of halogens is 1. The van der Waals surface area contributed by atoms with Crippen LogP contribution in [0.3, 0.4) is 0 Å². The van der Waals surface area contributed by atoms with Gasteiger partial charge in [-0.15, -0.1) is 0 Å². The fourth-order valence-electron chi connectivity index (χ4n) is 2.70. The van der Waals surface area contributed by atoms with E-state index in [-0.39, 0.29) is 11.7 Å². The zero-order valence-electron chi connectivity index (χ0n) is 13.3. The summed E-state index contributed by atoms with van der Waals surface area (Å²) < 4.78 is 12.7. The molecule has 0 aliphatic carbocycles. The lowest BCUT2D eigenvalue weighted by atomic mass is 10.1. The number of amides is 1. The van der Waals surface area contributed by atoms with Crippen LogP contribution < -0.4 is 5.32 Å². The van der Waals surface area contributed by atoms with Crippen molar-refractivity contribution < 1.29 is 13.6 Å². The van der Waals surface area contributed by atoms with Crippen LogP contribution in [-0.2, 0) is 6.54 Å². The van der Waals surface area contributed by atoms with Gasteiger partial charge in [0.2, 0.25) is 0 Å². The van der Waals surface area contributed by atoms with Gasteiger partial charge in [-0.3, -0.25) is 4.79 Å². The number of nitrogens with one attached hydrogen (secondary N) is 1. The second-order valence-corrected chi connectivity index (χ2v) is 6.04. The molecular formula is C18H14ClN3O3. The van der Waals surface area contributed by atoms with Crippen LogP contribution in [0, 0.1) is 6.92 Å². The molecule has 126 valence electrons. The minimum atomic E-state index is -0.342. The van der Waals surface area contributed by atoms with Gasteiger partial charge < -0.3 is 14.2 Å². The fourth-order valence-corrected chi connectivity index (χ4v) is 2.87. The Hall–Kier alpha value is -2.99. The molecule has 1 aromatic carbocycles. The van der Waals surface area contributed by atoms with Crippen LogP contribution in [0.15, 0.2) is 57.7 Å². The molecule has 0 spiro atoms. The summed E-state index contributed by atoms with van der Waals surface area (Å²) in [5.74, 6) is 1.21. The predicted molar refractivity (Wildman–Crippen MR) is 94.0 cm³/mol. The lowest BCUT2D eigenvalue weighted by molar-refractivity contribution is 0.0997. The molecule has 3 heterocycles. The lowest BCUT2D eigenvalue weighted by Gasteiger charge is -2.07. The standard InChI is InChI=1S/C18H14ClN3O3/c1-11-14-9-12(19)4-5-15(14)25-17(11)18(23)21-16-6-7-20-22(16)10-13-3-2-8-24-13/h2-9H,10H2,1H3,(H,21,23). The third-order valence-corrected chi connectivity index (χ3v) is 4.18. The molecule has 0 aliphatic heterocycles. The summed E-state index contributed by atoms with van der Waals surface area (Å²) in [6, 6.07) is 10.6. The van der Waals surface area contributed by atoms with Crippen molar-refractivity contribution in [1.82, 2.24) is 9.78 Å². The van der Waals surface area contributed by atoms with Crippen molar-refractivity contribution in [2.45, 2.75) is 13.5 Å². The number of nitrogens with zero attached hydrogens (tertiary/aromatic N) is 2. The first-order valence-electron chi connectivity index (χ1n) is 7.66. The molecule has 0 unspecified atom stereocenters. The highest BCUT2D eigenvalue weighted by Gasteiger charge is 2.19. The molecule has 25 heavy (non-hydrogen) atoms. The Morgan fingerprint density at radius 1 is 1.32 bits per heavy atom. The molecule has 3 aromatic heterocycles. The van der Waals surface area contributed by atoms with Crippen LogP contribution in [-0.4, -0.2) is 15.7 Å². The summed E-state index contributed by atoms with van der Waals surface area (Å²) in [4.78, 5) is 12.6. The molecule has 0 atom stereocenters. The fraction of sp³-hybridized carbons (Fsp3) is 0.111. The summed E-state index contributed by atoms with van der Waals surface area (Å²) in [5, 5.41) is 8.46. The number of benzene rings is 1. The molecule has 1 N–H and O–H groups in total. The summed E-state index contributed by atoms with van der Waals surface area (Å²) in [6.45, 7) is 2.25. The normalized spacial score (nSPS) is 11.1. The van der Waals surface area contributed by atoms with E-state index in [2.05, 4.69) is 10.4 Å². The first-order valence-corrected chi connectivity index (χ1v) is 8.04. The number of anilines is 1. The third-order valence-electron chi connectivity index (χ3n) is 3.95. The van der Waals surface area contributed by atoms with E-state index in [1.807, 2.05) is 13.0 Å². The van der Waals surface area contributed by atoms with E-state index in [9.17, 15) is 4.79 Å². The molecule has 0 radical (unpaired) electrons. The maximum absolute atomic E-state index is 12.6. The number of carbonyl (C=O) groups is 1. The molecule has 0 saturated carbocycles. The zero-order chi connectivity index (χ0) is 17.4. The molecule has 0 bridgehead atoms. The number of carbonyl (C=O) groups excluding carboxylic acids is 1. The lowest BCUT2D eigenvalue weighted by Crippen LogP contribution is -2.16. The van der Waals surface area contributed by atoms with E-state index in [0.29, 0.717) is 23.0 Å². The average molecular weight is 356 g/mol. The minimum absolute atomic E-state index is 0.253. The number of aryl methyl sites for hydroxylation is 1. The average Bonchev–Trinajstić information content (AvgIpc) is 3.31. The monoisotopic (exact) mass is 355 g/mol. The van der Waals surface area contributed by atoms with E-state index in [0.717, 1.165) is 16.7 Å². The van der Waals surface area contributed by atoms with Gasteiger partial charge in [-0.25, -0.2) is 4.68 Å². The van der Waals surface area contributed by atoms with Crippen molar-refractivity contribution in [2.24, 2.45) is 0 Å². The number of furan rings is 2. The highest BCUT2D eigenvalue weighted by atomic mass is 35.5. The zero-order valence-corrected chi connectivity index (χ0v) is 14.1. The van der Waals surface area contributed by atoms with Crippen molar-refractivity contribution in [1.29, 1.82) is 0 Å². The second kappa shape index (κ2) is 6.14. The summed E-state index contributed by atoms with van der Waals surface area (Å²) in [7, 11) is 0. The predicted octanol–water partition coefficient (Wildman–Crippen LogP) is 4.48. The molecule has 4 aromatic rings. The van der Waals surface area contributed by atoms with Gasteiger partial charge in [-0.05, 0) is 37.3 Å². The van der Waals surface area contributed by atoms with Crippen LogP contribution in [0.5, 0.6) is 0 Å². The maximum Gasteiger partial charge on any atom is 0.292 e. The largest absolute Gasteiger partial charge is 0.467 e. The van der Waals surface area contributed by atoms with E-state index >= 15 is 0 Å². The SMILES string of the molecule is Cc1c(C(=O)Nc2ccnn2Cc2ccco2)oc2ccc(Cl)cc12. The van der Waals surface area contributed by atoms with Gasteiger partial charge >= 0.3 is 0 Å². The quantitative estimate of drug-likeness (QED) is 0.585. The molecule has 4 rings (SSSR count).